The van der Waals surface area contributed by atoms with Gasteiger partial charge in [0.1, 0.15) is 5.54 Å². The summed E-state index contributed by atoms with van der Waals surface area (Å²) < 4.78 is 0. The zero-order valence-electron chi connectivity index (χ0n) is 12.5. The standard InChI is InChI=1S/C19H16ClNO/c1-9-7-13-11-5-6-19(14(13)8-10(9)2)17-12(11)3-4-15(20)16(17)18(22)21-19/h3-8,11,15-16H,1-2H3,(H,21,22). The van der Waals surface area contributed by atoms with Crippen molar-refractivity contribution in [3.63, 3.8) is 0 Å². The summed E-state index contributed by atoms with van der Waals surface area (Å²) in [7, 11) is 0. The molecule has 1 saturated heterocycles. The van der Waals surface area contributed by atoms with Crippen molar-refractivity contribution < 1.29 is 4.79 Å². The maximum absolute atomic E-state index is 12.6. The third-order valence-electron chi connectivity index (χ3n) is 5.73. The summed E-state index contributed by atoms with van der Waals surface area (Å²) in [6, 6.07) is 4.53. The fourth-order valence-electron chi connectivity index (χ4n) is 4.58. The van der Waals surface area contributed by atoms with Gasteiger partial charge in [-0.1, -0.05) is 36.4 Å². The Balaban J connectivity index is 1.87. The van der Waals surface area contributed by atoms with Crippen molar-refractivity contribution in [3.8, 4) is 0 Å². The van der Waals surface area contributed by atoms with E-state index in [9.17, 15) is 4.79 Å². The van der Waals surface area contributed by atoms with E-state index in [2.05, 4.69) is 49.5 Å². The number of rotatable bonds is 0. The monoisotopic (exact) mass is 309 g/mol. The first-order chi connectivity index (χ1) is 10.5. The molecule has 22 heavy (non-hydrogen) atoms. The molecule has 1 aromatic rings. The van der Waals surface area contributed by atoms with Gasteiger partial charge < -0.3 is 5.32 Å². The van der Waals surface area contributed by atoms with E-state index in [1.807, 2.05) is 6.08 Å². The van der Waals surface area contributed by atoms with Crippen molar-refractivity contribution in [2.75, 3.05) is 0 Å². The minimum Gasteiger partial charge on any atom is -0.339 e. The van der Waals surface area contributed by atoms with Gasteiger partial charge in [0.25, 0.3) is 0 Å². The number of halogens is 1. The van der Waals surface area contributed by atoms with Crippen molar-refractivity contribution >= 4 is 17.5 Å². The highest BCUT2D eigenvalue weighted by atomic mass is 35.5. The normalized spacial score (nSPS) is 36.5. The van der Waals surface area contributed by atoms with E-state index in [0.29, 0.717) is 0 Å². The molecule has 0 aromatic heterocycles. The SMILES string of the molecule is Cc1cc2c(cc1C)C13C=CC2C2=C1C(C(=O)N3)C(Cl)C=C2. The molecule has 1 N–H and O–H groups in total. The Morgan fingerprint density at radius 2 is 1.95 bits per heavy atom. The molecule has 1 aliphatic heterocycles. The van der Waals surface area contributed by atoms with E-state index in [0.717, 1.165) is 0 Å². The first-order valence-electron chi connectivity index (χ1n) is 7.73. The molecule has 4 unspecified atom stereocenters. The first kappa shape index (κ1) is 12.7. The number of hydrogen-bond donors (Lipinski definition) is 1. The summed E-state index contributed by atoms with van der Waals surface area (Å²) in [6.45, 7) is 4.28. The Labute approximate surface area is 134 Å². The lowest BCUT2D eigenvalue weighted by molar-refractivity contribution is -0.122. The van der Waals surface area contributed by atoms with Crippen LogP contribution in [-0.4, -0.2) is 11.3 Å². The van der Waals surface area contributed by atoms with Crippen LogP contribution in [0.5, 0.6) is 0 Å². The molecule has 6 rings (SSSR count). The summed E-state index contributed by atoms with van der Waals surface area (Å²) in [4.78, 5) is 12.6. The van der Waals surface area contributed by atoms with Crippen LogP contribution in [0.3, 0.4) is 0 Å². The molecule has 1 heterocycles. The molecular formula is C19H16ClNO. The van der Waals surface area contributed by atoms with Crippen LogP contribution in [0.25, 0.3) is 0 Å². The zero-order chi connectivity index (χ0) is 15.2. The summed E-state index contributed by atoms with van der Waals surface area (Å²) in [5.74, 6) is 0.0684. The van der Waals surface area contributed by atoms with Crippen molar-refractivity contribution in [2.45, 2.75) is 30.7 Å². The van der Waals surface area contributed by atoms with E-state index in [-0.39, 0.29) is 23.1 Å². The summed E-state index contributed by atoms with van der Waals surface area (Å²) in [5, 5.41) is 3.00. The molecule has 0 saturated carbocycles. The Morgan fingerprint density at radius 3 is 2.77 bits per heavy atom. The lowest BCUT2D eigenvalue weighted by atomic mass is 9.60. The Kier molecular flexibility index (Phi) is 2.17. The fourth-order valence-corrected chi connectivity index (χ4v) is 4.89. The summed E-state index contributed by atoms with van der Waals surface area (Å²) >= 11 is 6.44. The lowest BCUT2D eigenvalue weighted by Gasteiger charge is -2.45. The third-order valence-corrected chi connectivity index (χ3v) is 6.12. The van der Waals surface area contributed by atoms with Crippen molar-refractivity contribution in [1.29, 1.82) is 0 Å². The number of carbonyl (C=O) groups is 1. The number of carbonyl (C=O) groups excluding carboxylic acids is 1. The topological polar surface area (TPSA) is 29.1 Å². The van der Waals surface area contributed by atoms with E-state index in [1.54, 1.807) is 0 Å². The van der Waals surface area contributed by atoms with Crippen LogP contribution in [0.4, 0.5) is 0 Å². The highest BCUT2D eigenvalue weighted by molar-refractivity contribution is 6.24. The molecular weight excluding hydrogens is 294 g/mol. The molecule has 2 nitrogen and oxygen atoms in total. The number of aryl methyl sites for hydroxylation is 2. The predicted molar refractivity (Wildman–Crippen MR) is 86.9 cm³/mol. The predicted octanol–water partition coefficient (Wildman–Crippen LogP) is 3.39. The van der Waals surface area contributed by atoms with Crippen LogP contribution in [0.15, 0.2) is 47.6 Å². The van der Waals surface area contributed by atoms with Crippen LogP contribution in [0.1, 0.15) is 28.2 Å². The van der Waals surface area contributed by atoms with Gasteiger partial charge in [0.15, 0.2) is 0 Å². The number of amides is 1. The second-order valence-corrected chi connectivity index (χ2v) is 7.31. The Hall–Kier alpha value is -1.80. The molecule has 4 aliphatic carbocycles. The van der Waals surface area contributed by atoms with Gasteiger partial charge in [-0.3, -0.25) is 4.79 Å². The molecule has 1 spiro atoms. The van der Waals surface area contributed by atoms with E-state index in [4.69, 9.17) is 11.6 Å². The highest BCUT2D eigenvalue weighted by Gasteiger charge is 2.58. The Bertz CT molecular complexity index is 847. The third kappa shape index (κ3) is 1.23. The van der Waals surface area contributed by atoms with Gasteiger partial charge in [0.2, 0.25) is 5.91 Å². The van der Waals surface area contributed by atoms with Gasteiger partial charge in [-0.2, -0.15) is 0 Å². The highest BCUT2D eigenvalue weighted by Crippen LogP contribution is 2.58. The number of hydrogen-bond acceptors (Lipinski definition) is 1. The van der Waals surface area contributed by atoms with Crippen molar-refractivity contribution in [2.24, 2.45) is 5.92 Å². The number of allylic oxidation sites excluding steroid dienone is 4. The lowest BCUT2D eigenvalue weighted by Crippen LogP contribution is -2.44. The average molecular weight is 310 g/mol. The molecule has 1 fully saturated rings. The largest absolute Gasteiger partial charge is 0.339 e. The van der Waals surface area contributed by atoms with Crippen molar-refractivity contribution in [3.05, 3.63) is 69.8 Å². The maximum atomic E-state index is 12.6. The molecule has 110 valence electrons. The van der Waals surface area contributed by atoms with Gasteiger partial charge in [0, 0.05) is 5.92 Å². The fraction of sp³-hybridized carbons (Fsp3) is 0.316. The van der Waals surface area contributed by atoms with Crippen LogP contribution in [0.2, 0.25) is 0 Å². The molecule has 4 atom stereocenters. The van der Waals surface area contributed by atoms with Crippen molar-refractivity contribution in [1.82, 2.24) is 5.32 Å². The molecule has 0 radical (unpaired) electrons. The van der Waals surface area contributed by atoms with Crippen LogP contribution >= 0.6 is 11.6 Å². The van der Waals surface area contributed by atoms with Gasteiger partial charge in [-0.15, -0.1) is 11.6 Å². The number of nitrogens with one attached hydrogen (secondary N) is 1. The maximum Gasteiger partial charge on any atom is 0.230 e. The minimum absolute atomic E-state index is 0.0493. The molecule has 2 bridgehead atoms. The smallest absolute Gasteiger partial charge is 0.230 e. The quantitative estimate of drug-likeness (QED) is 0.578. The zero-order valence-corrected chi connectivity index (χ0v) is 13.2. The van der Waals surface area contributed by atoms with E-state index >= 15 is 0 Å². The molecule has 1 aromatic carbocycles. The van der Waals surface area contributed by atoms with Gasteiger partial charge >= 0.3 is 0 Å². The number of alkyl halides is 1. The second kappa shape index (κ2) is 3.75. The number of benzene rings is 1. The molecule has 1 amide bonds. The van der Waals surface area contributed by atoms with Gasteiger partial charge in [-0.05, 0) is 47.2 Å². The van der Waals surface area contributed by atoms with Crippen LogP contribution < -0.4 is 5.32 Å². The summed E-state index contributed by atoms with van der Waals surface area (Å²) in [6.07, 6.45) is 8.51. The summed E-state index contributed by atoms with van der Waals surface area (Å²) in [5.41, 5.74) is 7.09. The minimum atomic E-state index is -0.475. The molecule has 5 aliphatic rings. The molecule has 3 heteroatoms. The first-order valence-corrected chi connectivity index (χ1v) is 8.16. The van der Waals surface area contributed by atoms with Gasteiger partial charge in [0.05, 0.1) is 11.3 Å². The van der Waals surface area contributed by atoms with E-state index in [1.165, 1.54) is 33.4 Å². The second-order valence-electron chi connectivity index (χ2n) is 6.81. The van der Waals surface area contributed by atoms with Crippen LogP contribution in [-0.2, 0) is 10.3 Å². The van der Waals surface area contributed by atoms with Gasteiger partial charge in [-0.25, -0.2) is 0 Å². The van der Waals surface area contributed by atoms with Crippen LogP contribution in [0, 0.1) is 19.8 Å². The van der Waals surface area contributed by atoms with E-state index < -0.39 is 5.54 Å². The average Bonchev–Trinajstić information content (AvgIpc) is 2.79. The Morgan fingerprint density at radius 1 is 1.18 bits per heavy atom.